The monoisotopic (exact) mass is 562 g/mol. The van der Waals surface area contributed by atoms with E-state index < -0.39 is 0 Å². The molecule has 0 unspecified atom stereocenters. The van der Waals surface area contributed by atoms with Gasteiger partial charge in [-0.1, -0.05) is 43.2 Å². The van der Waals surface area contributed by atoms with Crippen LogP contribution in [0, 0.1) is 0 Å². The Hall–Kier alpha value is -4.32. The summed E-state index contributed by atoms with van der Waals surface area (Å²) in [5.41, 5.74) is 7.24. The van der Waals surface area contributed by atoms with Gasteiger partial charge < -0.3 is 19.5 Å². The molecule has 0 saturated heterocycles. The summed E-state index contributed by atoms with van der Waals surface area (Å²) in [7, 11) is 1.64. The normalized spacial score (nSPS) is 15.2. The number of Topliss-reactive ketones (excluding diaryl/α,β-unsaturated/α-hetero) is 1. The van der Waals surface area contributed by atoms with Crippen molar-refractivity contribution in [1.29, 1.82) is 0 Å². The van der Waals surface area contributed by atoms with Crippen molar-refractivity contribution in [3.8, 4) is 17.2 Å². The summed E-state index contributed by atoms with van der Waals surface area (Å²) in [6, 6.07) is 21.6. The highest BCUT2D eigenvalue weighted by molar-refractivity contribution is 6.14. The number of pyridine rings is 1. The van der Waals surface area contributed by atoms with E-state index in [1.54, 1.807) is 13.2 Å². The van der Waals surface area contributed by atoms with E-state index in [9.17, 15) is 4.79 Å². The quantitative estimate of drug-likeness (QED) is 0.148. The highest BCUT2D eigenvalue weighted by atomic mass is 16.5. The van der Waals surface area contributed by atoms with Crippen LogP contribution < -0.4 is 19.5 Å². The van der Waals surface area contributed by atoms with Gasteiger partial charge in [0.2, 0.25) is 0 Å². The van der Waals surface area contributed by atoms with Crippen LogP contribution in [0.25, 0.3) is 17.0 Å². The number of benzene rings is 3. The number of fused-ring (bicyclic) bond motifs is 3. The molecule has 1 N–H and O–H groups in total. The second-order valence-electron chi connectivity index (χ2n) is 11.0. The summed E-state index contributed by atoms with van der Waals surface area (Å²) in [5, 5.41) is 5.01. The SMILES string of the molecule is COc1ccc(/C=C2\COc3cc(OCCCCCCNc4c5c(nc6ccccc46)CCCC5)ccc3C2=O)cc1. The Morgan fingerprint density at radius 1 is 0.929 bits per heavy atom. The predicted molar refractivity (Wildman–Crippen MR) is 168 cm³/mol. The summed E-state index contributed by atoms with van der Waals surface area (Å²) >= 11 is 0. The van der Waals surface area contributed by atoms with Gasteiger partial charge in [-0.2, -0.15) is 0 Å². The molecular formula is C36H38N2O4. The zero-order chi connectivity index (χ0) is 28.7. The van der Waals surface area contributed by atoms with Crippen LogP contribution >= 0.6 is 0 Å². The molecule has 2 heterocycles. The zero-order valence-electron chi connectivity index (χ0n) is 24.3. The van der Waals surface area contributed by atoms with Crippen molar-refractivity contribution >= 4 is 28.4 Å². The fraction of sp³-hybridized carbons (Fsp3) is 0.333. The number of carbonyl (C=O) groups excluding carboxylic acids is 1. The molecule has 1 aliphatic heterocycles. The fourth-order valence-electron chi connectivity index (χ4n) is 5.86. The molecule has 6 rings (SSSR count). The largest absolute Gasteiger partial charge is 0.497 e. The third kappa shape index (κ3) is 6.28. The van der Waals surface area contributed by atoms with Gasteiger partial charge in [0.1, 0.15) is 23.9 Å². The molecule has 42 heavy (non-hydrogen) atoms. The molecule has 0 bridgehead atoms. The molecule has 0 radical (unpaired) electrons. The van der Waals surface area contributed by atoms with Crippen LogP contribution in [0.3, 0.4) is 0 Å². The van der Waals surface area contributed by atoms with Gasteiger partial charge in [-0.3, -0.25) is 9.78 Å². The Labute approximate surface area is 247 Å². The zero-order valence-corrected chi connectivity index (χ0v) is 24.3. The van der Waals surface area contributed by atoms with Crippen LogP contribution in [-0.4, -0.2) is 37.6 Å². The molecule has 6 heteroatoms. The third-order valence-electron chi connectivity index (χ3n) is 8.14. The topological polar surface area (TPSA) is 69.7 Å². The van der Waals surface area contributed by atoms with Crippen LogP contribution in [-0.2, 0) is 12.8 Å². The summed E-state index contributed by atoms with van der Waals surface area (Å²) < 4.78 is 17.1. The summed E-state index contributed by atoms with van der Waals surface area (Å²) in [5.74, 6) is 2.10. The van der Waals surface area contributed by atoms with Gasteiger partial charge in [-0.05, 0) is 86.1 Å². The molecule has 6 nitrogen and oxygen atoms in total. The molecule has 1 aromatic heterocycles. The van der Waals surface area contributed by atoms with Crippen LogP contribution in [0.2, 0.25) is 0 Å². The number of unbranched alkanes of at least 4 members (excludes halogenated alkanes) is 3. The van der Waals surface area contributed by atoms with E-state index in [0.717, 1.165) is 67.6 Å². The Morgan fingerprint density at radius 3 is 2.62 bits per heavy atom. The standard InChI is InChI=1S/C36H38N2O4/c1-40-27-16-14-25(15-17-27)22-26-24-42-34-23-28(18-19-31(34)36(26)39)41-21-9-3-2-8-20-37-35-29-10-4-6-12-32(29)38-33-13-7-5-11-30(33)35/h4,6,10,12,14-19,22-23H,2-3,5,7-9,11,13,20-21,24H2,1H3,(H,37,38)/b26-22+. The molecule has 0 atom stereocenters. The number of nitrogens with one attached hydrogen (secondary N) is 1. The lowest BCUT2D eigenvalue weighted by atomic mass is 9.92. The highest BCUT2D eigenvalue weighted by Crippen LogP contribution is 2.34. The van der Waals surface area contributed by atoms with E-state index in [1.807, 2.05) is 42.5 Å². The van der Waals surface area contributed by atoms with Gasteiger partial charge in [0, 0.05) is 35.0 Å². The average molecular weight is 563 g/mol. The number of methoxy groups -OCH3 is 1. The van der Waals surface area contributed by atoms with Gasteiger partial charge in [0.25, 0.3) is 0 Å². The molecule has 0 amide bonds. The number of para-hydroxylation sites is 1. The summed E-state index contributed by atoms with van der Waals surface area (Å²) in [4.78, 5) is 18.0. The minimum Gasteiger partial charge on any atom is -0.497 e. The second kappa shape index (κ2) is 13.1. The van der Waals surface area contributed by atoms with E-state index >= 15 is 0 Å². The smallest absolute Gasteiger partial charge is 0.196 e. The number of nitrogens with zero attached hydrogens (tertiary/aromatic N) is 1. The Balaban J connectivity index is 0.950. The summed E-state index contributed by atoms with van der Waals surface area (Å²) in [6.07, 6.45) is 10.9. The Kier molecular flexibility index (Phi) is 8.69. The summed E-state index contributed by atoms with van der Waals surface area (Å²) in [6.45, 7) is 1.85. The van der Waals surface area contributed by atoms with Gasteiger partial charge in [0.05, 0.1) is 24.8 Å². The molecule has 4 aromatic rings. The molecule has 3 aromatic carbocycles. The number of hydrogen-bond donors (Lipinski definition) is 1. The molecule has 216 valence electrons. The number of anilines is 1. The first-order chi connectivity index (χ1) is 20.7. The maximum Gasteiger partial charge on any atom is 0.196 e. The van der Waals surface area contributed by atoms with E-state index in [2.05, 4.69) is 29.6 Å². The molecule has 1 aliphatic carbocycles. The molecule has 2 aliphatic rings. The Morgan fingerprint density at radius 2 is 1.74 bits per heavy atom. The number of ether oxygens (including phenoxy) is 3. The molecular weight excluding hydrogens is 524 g/mol. The second-order valence-corrected chi connectivity index (χ2v) is 11.0. The van der Waals surface area contributed by atoms with Crippen molar-refractivity contribution in [3.05, 3.63) is 94.7 Å². The predicted octanol–water partition coefficient (Wildman–Crippen LogP) is 7.83. The number of aryl methyl sites for hydroxylation is 1. The van der Waals surface area contributed by atoms with Crippen molar-refractivity contribution in [2.75, 3.05) is 32.2 Å². The fourth-order valence-corrected chi connectivity index (χ4v) is 5.86. The Bertz CT molecular complexity index is 1590. The van der Waals surface area contributed by atoms with Crippen molar-refractivity contribution in [1.82, 2.24) is 4.98 Å². The minimum absolute atomic E-state index is 0.00694. The van der Waals surface area contributed by atoms with Crippen LogP contribution in [0.4, 0.5) is 5.69 Å². The van der Waals surface area contributed by atoms with E-state index in [4.69, 9.17) is 19.2 Å². The van der Waals surface area contributed by atoms with Gasteiger partial charge >= 0.3 is 0 Å². The van der Waals surface area contributed by atoms with Crippen molar-refractivity contribution < 1.29 is 19.0 Å². The van der Waals surface area contributed by atoms with Gasteiger partial charge in [0.15, 0.2) is 5.78 Å². The number of carbonyl (C=O) groups is 1. The van der Waals surface area contributed by atoms with E-state index in [1.165, 1.54) is 35.2 Å². The minimum atomic E-state index is -0.00694. The lowest BCUT2D eigenvalue weighted by molar-refractivity contribution is 0.100. The first-order valence-corrected chi connectivity index (χ1v) is 15.1. The molecule has 0 fully saturated rings. The van der Waals surface area contributed by atoms with Gasteiger partial charge in [-0.25, -0.2) is 0 Å². The van der Waals surface area contributed by atoms with Crippen LogP contribution in [0.5, 0.6) is 17.2 Å². The number of ketones is 1. The molecule has 0 saturated carbocycles. The lowest BCUT2D eigenvalue weighted by Crippen LogP contribution is -2.19. The molecule has 0 spiro atoms. The van der Waals surface area contributed by atoms with Crippen molar-refractivity contribution in [3.63, 3.8) is 0 Å². The van der Waals surface area contributed by atoms with E-state index in [0.29, 0.717) is 23.5 Å². The first-order valence-electron chi connectivity index (χ1n) is 15.1. The number of hydrogen-bond acceptors (Lipinski definition) is 6. The maximum atomic E-state index is 13.0. The van der Waals surface area contributed by atoms with Crippen molar-refractivity contribution in [2.24, 2.45) is 0 Å². The van der Waals surface area contributed by atoms with E-state index in [-0.39, 0.29) is 12.4 Å². The van der Waals surface area contributed by atoms with Crippen LogP contribution in [0.15, 0.2) is 72.3 Å². The van der Waals surface area contributed by atoms with Gasteiger partial charge in [-0.15, -0.1) is 0 Å². The highest BCUT2D eigenvalue weighted by Gasteiger charge is 2.24. The van der Waals surface area contributed by atoms with Crippen molar-refractivity contribution in [2.45, 2.75) is 51.4 Å². The number of aromatic nitrogens is 1. The lowest BCUT2D eigenvalue weighted by Gasteiger charge is -2.21. The third-order valence-corrected chi connectivity index (χ3v) is 8.14. The maximum absolute atomic E-state index is 13.0. The number of rotatable bonds is 11. The average Bonchev–Trinajstić information content (AvgIpc) is 3.03. The van der Waals surface area contributed by atoms with Crippen LogP contribution in [0.1, 0.15) is 65.7 Å². The first kappa shape index (κ1) is 27.8.